The van der Waals surface area contributed by atoms with Crippen LogP contribution in [0.1, 0.15) is 20.7 Å². The molecule has 0 spiro atoms. The molecule has 1 unspecified atom stereocenters. The van der Waals surface area contributed by atoms with E-state index in [1.165, 1.54) is 0 Å². The van der Waals surface area contributed by atoms with Gasteiger partial charge in [0.15, 0.2) is 0 Å². The topological polar surface area (TPSA) is 54.4 Å². The predicted octanol–water partition coefficient (Wildman–Crippen LogP) is 2.02. The first-order valence-corrected chi connectivity index (χ1v) is 4.48. The molecule has 0 heterocycles. The van der Waals surface area contributed by atoms with Gasteiger partial charge in [-0.2, -0.15) is 0 Å². The van der Waals surface area contributed by atoms with Crippen molar-refractivity contribution in [2.24, 2.45) is 0 Å². The molecule has 4 heteroatoms. The lowest BCUT2D eigenvalue weighted by atomic mass is 10.1. The molecule has 0 aliphatic heterocycles. The van der Waals surface area contributed by atoms with E-state index >= 15 is 0 Å². The van der Waals surface area contributed by atoms with Crippen molar-refractivity contribution in [3.8, 4) is 0 Å². The molecule has 68 valence electrons. The number of carbonyl (C=O) groups is 2. The second kappa shape index (κ2) is 4.18. The lowest BCUT2D eigenvalue weighted by Crippen LogP contribution is -2.04. The monoisotopic (exact) mass is 242 g/mol. The zero-order valence-corrected chi connectivity index (χ0v) is 8.19. The summed E-state index contributed by atoms with van der Waals surface area (Å²) in [5.41, 5.74) is 1.04. The number of carboxylic acids is 1. The van der Waals surface area contributed by atoms with Crippen LogP contribution in [0.4, 0.5) is 0 Å². The molecule has 1 aromatic rings. The van der Waals surface area contributed by atoms with E-state index in [0.717, 1.165) is 0 Å². The van der Waals surface area contributed by atoms with Gasteiger partial charge in [0.1, 0.15) is 11.1 Å². The van der Waals surface area contributed by atoms with Crippen molar-refractivity contribution in [2.75, 3.05) is 0 Å². The minimum atomic E-state index is -0.969. The van der Waals surface area contributed by atoms with Crippen LogP contribution in [-0.4, -0.2) is 17.4 Å². The number of alkyl halides is 1. The Balaban J connectivity index is 3.01. The van der Waals surface area contributed by atoms with E-state index in [0.29, 0.717) is 17.4 Å². The van der Waals surface area contributed by atoms with Gasteiger partial charge >= 0.3 is 5.97 Å². The molecule has 0 radical (unpaired) electrons. The summed E-state index contributed by atoms with van der Waals surface area (Å²) in [7, 11) is 0. The molecule has 0 fully saturated rings. The quantitative estimate of drug-likeness (QED) is 0.652. The number of hydrogen-bond donors (Lipinski definition) is 1. The Labute approximate surface area is 83.5 Å². The van der Waals surface area contributed by atoms with Crippen LogP contribution in [0.3, 0.4) is 0 Å². The summed E-state index contributed by atoms with van der Waals surface area (Å²) in [5, 5.41) is 8.66. The van der Waals surface area contributed by atoms with E-state index in [1.54, 1.807) is 24.3 Å². The van der Waals surface area contributed by atoms with Gasteiger partial charge in [0.05, 0.1) is 0 Å². The number of aliphatic carboxylic acids is 1. The molecule has 0 aromatic heterocycles. The van der Waals surface area contributed by atoms with Gasteiger partial charge in [-0.1, -0.05) is 34.1 Å². The number of carbonyl (C=O) groups excluding carboxylic acids is 1. The summed E-state index contributed by atoms with van der Waals surface area (Å²) in [5.74, 6) is -0.969. The molecule has 0 saturated carbocycles. The molecule has 1 atom stereocenters. The van der Waals surface area contributed by atoms with Crippen LogP contribution >= 0.6 is 15.9 Å². The molecule has 1 N–H and O–H groups in total. The van der Waals surface area contributed by atoms with E-state index in [-0.39, 0.29) is 0 Å². The van der Waals surface area contributed by atoms with Crippen LogP contribution in [0.2, 0.25) is 0 Å². The Morgan fingerprint density at radius 3 is 2.77 bits per heavy atom. The molecule has 0 aliphatic carbocycles. The summed E-state index contributed by atoms with van der Waals surface area (Å²) in [6.07, 6.45) is 0.686. The summed E-state index contributed by atoms with van der Waals surface area (Å²) < 4.78 is 0. The molecule has 1 rings (SSSR count). The molecule has 0 bridgehead atoms. The van der Waals surface area contributed by atoms with Gasteiger partial charge in [-0.05, 0) is 11.6 Å². The van der Waals surface area contributed by atoms with Crippen LogP contribution in [0, 0.1) is 0 Å². The van der Waals surface area contributed by atoms with Crippen molar-refractivity contribution < 1.29 is 14.7 Å². The first kappa shape index (κ1) is 9.92. The van der Waals surface area contributed by atoms with Gasteiger partial charge in [-0.3, -0.25) is 9.59 Å². The van der Waals surface area contributed by atoms with Gasteiger partial charge in [-0.15, -0.1) is 0 Å². The zero-order valence-electron chi connectivity index (χ0n) is 6.61. The second-order valence-corrected chi connectivity index (χ2v) is 3.40. The maximum Gasteiger partial charge on any atom is 0.321 e. The molecule has 13 heavy (non-hydrogen) atoms. The van der Waals surface area contributed by atoms with E-state index in [1.807, 2.05) is 0 Å². The van der Waals surface area contributed by atoms with Crippen molar-refractivity contribution in [2.45, 2.75) is 4.83 Å². The minimum Gasteiger partial charge on any atom is -0.480 e. The Morgan fingerprint density at radius 1 is 1.54 bits per heavy atom. The Morgan fingerprint density at radius 2 is 2.23 bits per heavy atom. The molecule has 0 amide bonds. The van der Waals surface area contributed by atoms with Crippen LogP contribution in [0.5, 0.6) is 0 Å². The molecular weight excluding hydrogens is 236 g/mol. The van der Waals surface area contributed by atoms with Crippen molar-refractivity contribution in [3.63, 3.8) is 0 Å². The highest BCUT2D eigenvalue weighted by Crippen LogP contribution is 2.22. The van der Waals surface area contributed by atoms with Crippen molar-refractivity contribution in [1.29, 1.82) is 0 Å². The third-order valence-electron chi connectivity index (χ3n) is 1.56. The number of aldehydes is 1. The lowest BCUT2D eigenvalue weighted by molar-refractivity contribution is -0.136. The molecular formula is C9H7BrO3. The van der Waals surface area contributed by atoms with Gasteiger partial charge in [0.2, 0.25) is 0 Å². The largest absolute Gasteiger partial charge is 0.480 e. The number of hydrogen-bond acceptors (Lipinski definition) is 2. The first-order valence-electron chi connectivity index (χ1n) is 3.57. The third-order valence-corrected chi connectivity index (χ3v) is 2.48. The Kier molecular flexibility index (Phi) is 3.19. The second-order valence-electron chi connectivity index (χ2n) is 2.49. The number of benzene rings is 1. The standard InChI is InChI=1S/C9H7BrO3/c10-8(9(12)13)7-3-1-2-6(4-7)5-11/h1-5,8H,(H,12,13). The summed E-state index contributed by atoms with van der Waals surface area (Å²) >= 11 is 3.00. The van der Waals surface area contributed by atoms with E-state index in [2.05, 4.69) is 15.9 Å². The number of rotatable bonds is 3. The highest BCUT2D eigenvalue weighted by Gasteiger charge is 2.15. The Hall–Kier alpha value is -1.16. The molecule has 1 aromatic carbocycles. The van der Waals surface area contributed by atoms with E-state index in [4.69, 9.17) is 5.11 Å². The van der Waals surface area contributed by atoms with Crippen molar-refractivity contribution in [3.05, 3.63) is 35.4 Å². The zero-order chi connectivity index (χ0) is 9.84. The summed E-state index contributed by atoms with van der Waals surface area (Å²) in [6.45, 7) is 0. The number of carboxylic acid groups (broad SMARTS) is 1. The average molecular weight is 243 g/mol. The highest BCUT2D eigenvalue weighted by atomic mass is 79.9. The SMILES string of the molecule is O=Cc1cccc(C(Br)C(=O)O)c1. The normalized spacial score (nSPS) is 12.1. The fraction of sp³-hybridized carbons (Fsp3) is 0.111. The van der Waals surface area contributed by atoms with Crippen LogP contribution < -0.4 is 0 Å². The van der Waals surface area contributed by atoms with Crippen LogP contribution in [0.15, 0.2) is 24.3 Å². The van der Waals surface area contributed by atoms with E-state index < -0.39 is 10.8 Å². The van der Waals surface area contributed by atoms with Crippen LogP contribution in [0.25, 0.3) is 0 Å². The van der Waals surface area contributed by atoms with Crippen molar-refractivity contribution in [1.82, 2.24) is 0 Å². The fourth-order valence-electron chi connectivity index (χ4n) is 0.933. The van der Waals surface area contributed by atoms with Gasteiger partial charge < -0.3 is 5.11 Å². The smallest absolute Gasteiger partial charge is 0.321 e. The molecule has 0 aliphatic rings. The molecule has 0 saturated heterocycles. The summed E-state index contributed by atoms with van der Waals surface area (Å²) in [6, 6.07) is 6.47. The van der Waals surface area contributed by atoms with Gasteiger partial charge in [0.25, 0.3) is 0 Å². The third kappa shape index (κ3) is 2.39. The fourth-order valence-corrected chi connectivity index (χ4v) is 1.22. The van der Waals surface area contributed by atoms with Gasteiger partial charge in [0, 0.05) is 5.56 Å². The highest BCUT2D eigenvalue weighted by molar-refractivity contribution is 9.09. The number of halogens is 1. The van der Waals surface area contributed by atoms with Gasteiger partial charge in [-0.25, -0.2) is 0 Å². The Bertz CT molecular complexity index is 335. The maximum atomic E-state index is 10.6. The molecule has 3 nitrogen and oxygen atoms in total. The summed E-state index contributed by atoms with van der Waals surface area (Å²) in [4.78, 5) is 20.2. The maximum absolute atomic E-state index is 10.6. The predicted molar refractivity (Wildman–Crippen MR) is 51.1 cm³/mol. The minimum absolute atomic E-state index is 0.475. The van der Waals surface area contributed by atoms with Crippen LogP contribution in [-0.2, 0) is 4.79 Å². The average Bonchev–Trinajstić information content (AvgIpc) is 2.16. The van der Waals surface area contributed by atoms with Crippen molar-refractivity contribution >= 4 is 28.2 Å². The lowest BCUT2D eigenvalue weighted by Gasteiger charge is -2.04. The first-order chi connectivity index (χ1) is 6.15. The van der Waals surface area contributed by atoms with E-state index in [9.17, 15) is 9.59 Å².